The first kappa shape index (κ1) is 22.4. The van der Waals surface area contributed by atoms with Gasteiger partial charge < -0.3 is 9.31 Å². The maximum absolute atomic E-state index is 11.2. The molecular weight excluding hydrogens is 423 g/mol. The van der Waals surface area contributed by atoms with Crippen LogP contribution in [-0.4, -0.2) is 39.9 Å². The Labute approximate surface area is 174 Å². The largest absolute Gasteiger partial charge is 0.496 e. The Bertz CT molecular complexity index is 836. The van der Waals surface area contributed by atoms with Gasteiger partial charge in [-0.25, -0.2) is 0 Å². The maximum Gasteiger partial charge on any atom is 0.496 e. The van der Waals surface area contributed by atoms with Crippen molar-refractivity contribution >= 4 is 40.1 Å². The lowest BCUT2D eigenvalue weighted by molar-refractivity contribution is 0.00578. The van der Waals surface area contributed by atoms with Gasteiger partial charge in [0.2, 0.25) is 0 Å². The molecule has 0 N–H and O–H groups in total. The minimum Gasteiger partial charge on any atom is -0.399 e. The van der Waals surface area contributed by atoms with Gasteiger partial charge >= 0.3 is 7.12 Å². The molecule has 0 amide bonds. The monoisotopic (exact) mass is 446 g/mol. The van der Waals surface area contributed by atoms with Gasteiger partial charge in [-0.3, -0.25) is 19.6 Å². The number of carbonyl (C=O) groups excluding carboxylic acids is 2. The number of hydrogen-bond donors (Lipinski definition) is 0. The fraction of sp³-hybridized carbons (Fsp3) is 0.400. The fourth-order valence-corrected chi connectivity index (χ4v) is 2.55. The number of hydrogen-bond acceptors (Lipinski definition) is 6. The highest BCUT2D eigenvalue weighted by molar-refractivity contribution is 9.10. The van der Waals surface area contributed by atoms with E-state index in [4.69, 9.17) is 9.31 Å². The van der Waals surface area contributed by atoms with Gasteiger partial charge in [-0.1, -0.05) is 6.07 Å². The van der Waals surface area contributed by atoms with Crippen molar-refractivity contribution in [2.45, 2.75) is 52.7 Å². The number of aromatic nitrogens is 2. The molecule has 0 saturated carbocycles. The number of halogens is 1. The topological polar surface area (TPSA) is 78.4 Å². The predicted molar refractivity (Wildman–Crippen MR) is 112 cm³/mol. The van der Waals surface area contributed by atoms with Crippen molar-refractivity contribution in [3.05, 3.63) is 52.5 Å². The van der Waals surface area contributed by atoms with Gasteiger partial charge in [0.05, 0.1) is 11.2 Å². The second-order valence-corrected chi connectivity index (χ2v) is 8.45. The van der Waals surface area contributed by atoms with Crippen LogP contribution in [0.1, 0.15) is 62.5 Å². The van der Waals surface area contributed by atoms with Crippen molar-refractivity contribution in [2.24, 2.45) is 0 Å². The van der Waals surface area contributed by atoms with Crippen LogP contribution in [0.15, 0.2) is 41.1 Å². The molecular formula is C20H24BBrN2O4. The van der Waals surface area contributed by atoms with Gasteiger partial charge in [-0.2, -0.15) is 0 Å². The Kier molecular flexibility index (Phi) is 6.91. The van der Waals surface area contributed by atoms with E-state index in [1.807, 2.05) is 33.8 Å². The number of pyridine rings is 2. The Morgan fingerprint density at radius 1 is 0.857 bits per heavy atom. The molecule has 8 heteroatoms. The summed E-state index contributed by atoms with van der Waals surface area (Å²) in [6, 6.07) is 7.00. The van der Waals surface area contributed by atoms with Crippen LogP contribution in [0, 0.1) is 0 Å². The van der Waals surface area contributed by atoms with Crippen LogP contribution in [0.2, 0.25) is 0 Å². The first-order chi connectivity index (χ1) is 12.9. The molecule has 0 unspecified atom stereocenters. The molecule has 148 valence electrons. The van der Waals surface area contributed by atoms with Crippen LogP contribution in [-0.2, 0) is 9.31 Å². The summed E-state index contributed by atoms with van der Waals surface area (Å²) >= 11 is 3.22. The molecule has 1 saturated heterocycles. The summed E-state index contributed by atoms with van der Waals surface area (Å²) in [5.41, 5.74) is 1.06. The average molecular weight is 447 g/mol. The molecule has 0 aliphatic carbocycles. The number of ketones is 2. The van der Waals surface area contributed by atoms with Crippen molar-refractivity contribution in [1.29, 1.82) is 0 Å². The SMILES string of the molecule is CC(=O)c1ccc(B2OC(C)(C)C(C)(C)O2)cn1.CC(=O)c1ccc(Br)cn1. The molecule has 0 spiro atoms. The van der Waals surface area contributed by atoms with E-state index in [1.54, 1.807) is 30.6 Å². The molecule has 1 aliphatic rings. The van der Waals surface area contributed by atoms with E-state index < -0.39 is 7.12 Å². The lowest BCUT2D eigenvalue weighted by Crippen LogP contribution is -2.41. The molecule has 2 aromatic rings. The van der Waals surface area contributed by atoms with E-state index in [-0.39, 0.29) is 22.8 Å². The lowest BCUT2D eigenvalue weighted by Gasteiger charge is -2.32. The number of carbonyl (C=O) groups is 2. The molecule has 0 aromatic carbocycles. The zero-order valence-electron chi connectivity index (χ0n) is 16.9. The quantitative estimate of drug-likeness (QED) is 0.529. The van der Waals surface area contributed by atoms with Crippen molar-refractivity contribution in [2.75, 3.05) is 0 Å². The van der Waals surface area contributed by atoms with Crippen LogP contribution in [0.5, 0.6) is 0 Å². The summed E-state index contributed by atoms with van der Waals surface area (Å²) in [6.07, 6.45) is 3.25. The highest BCUT2D eigenvalue weighted by atomic mass is 79.9. The number of rotatable bonds is 3. The smallest absolute Gasteiger partial charge is 0.399 e. The van der Waals surface area contributed by atoms with Gasteiger partial charge in [0.15, 0.2) is 11.6 Å². The van der Waals surface area contributed by atoms with E-state index in [0.29, 0.717) is 11.4 Å². The molecule has 3 heterocycles. The Morgan fingerprint density at radius 3 is 1.68 bits per heavy atom. The summed E-state index contributed by atoms with van der Waals surface area (Å²) in [7, 11) is -0.427. The van der Waals surface area contributed by atoms with E-state index >= 15 is 0 Å². The summed E-state index contributed by atoms with van der Waals surface area (Å²) in [5, 5.41) is 0. The van der Waals surface area contributed by atoms with Crippen LogP contribution in [0.25, 0.3) is 0 Å². The maximum atomic E-state index is 11.2. The second kappa shape index (κ2) is 8.63. The van der Waals surface area contributed by atoms with Gasteiger partial charge in [0.1, 0.15) is 11.4 Å². The van der Waals surface area contributed by atoms with Crippen molar-refractivity contribution in [1.82, 2.24) is 9.97 Å². The van der Waals surface area contributed by atoms with Gasteiger partial charge in [0, 0.05) is 36.2 Å². The third kappa shape index (κ3) is 5.34. The molecule has 1 aliphatic heterocycles. The molecule has 1 fully saturated rings. The van der Waals surface area contributed by atoms with Crippen LogP contribution < -0.4 is 5.46 Å². The molecule has 3 rings (SSSR count). The Hall–Kier alpha value is -1.90. The van der Waals surface area contributed by atoms with Crippen molar-refractivity contribution < 1.29 is 18.9 Å². The molecule has 0 atom stereocenters. The standard InChI is InChI=1S/C13H18BNO3.C7H6BrNO/c1-9(16)11-7-6-10(8-15-11)14-17-12(2,3)13(4,5)18-14;1-5(10)7-3-2-6(8)4-9-7/h6-8H,1-5H3;2-4H,1H3. The summed E-state index contributed by atoms with van der Waals surface area (Å²) in [5.74, 6) is -0.0528. The van der Waals surface area contributed by atoms with Crippen molar-refractivity contribution in [3.8, 4) is 0 Å². The van der Waals surface area contributed by atoms with Crippen LogP contribution in [0.3, 0.4) is 0 Å². The van der Waals surface area contributed by atoms with Gasteiger partial charge in [0.25, 0.3) is 0 Å². The number of nitrogens with zero attached hydrogens (tertiary/aromatic N) is 2. The molecule has 2 aromatic heterocycles. The second-order valence-electron chi connectivity index (χ2n) is 7.54. The zero-order valence-corrected chi connectivity index (χ0v) is 18.5. The minimum atomic E-state index is -0.427. The summed E-state index contributed by atoms with van der Waals surface area (Å²) in [6.45, 7) is 11.0. The highest BCUT2D eigenvalue weighted by Gasteiger charge is 2.51. The Morgan fingerprint density at radius 2 is 1.32 bits per heavy atom. The fourth-order valence-electron chi connectivity index (χ4n) is 2.32. The lowest BCUT2D eigenvalue weighted by atomic mass is 9.80. The molecule has 0 bridgehead atoms. The molecule has 0 radical (unpaired) electrons. The zero-order chi connectivity index (χ0) is 21.1. The normalized spacial score (nSPS) is 16.9. The first-order valence-electron chi connectivity index (χ1n) is 8.88. The third-order valence-electron chi connectivity index (χ3n) is 4.76. The number of Topliss-reactive ketones (excluding diaryl/α,β-unsaturated/α-hetero) is 2. The van der Waals surface area contributed by atoms with Gasteiger partial charge in [-0.05, 0) is 61.8 Å². The van der Waals surface area contributed by atoms with E-state index in [1.165, 1.54) is 13.8 Å². The van der Waals surface area contributed by atoms with Crippen LogP contribution in [0.4, 0.5) is 0 Å². The predicted octanol–water partition coefficient (Wildman–Crippen LogP) is 3.63. The van der Waals surface area contributed by atoms with Crippen LogP contribution >= 0.6 is 15.9 Å². The molecule has 6 nitrogen and oxygen atoms in total. The van der Waals surface area contributed by atoms with E-state index in [2.05, 4.69) is 25.9 Å². The third-order valence-corrected chi connectivity index (χ3v) is 5.23. The summed E-state index contributed by atoms with van der Waals surface area (Å²) < 4.78 is 12.7. The van der Waals surface area contributed by atoms with Crippen molar-refractivity contribution in [3.63, 3.8) is 0 Å². The Balaban J connectivity index is 0.000000237. The molecule has 28 heavy (non-hydrogen) atoms. The average Bonchev–Trinajstić information content (AvgIpc) is 2.83. The highest BCUT2D eigenvalue weighted by Crippen LogP contribution is 2.36. The van der Waals surface area contributed by atoms with E-state index in [0.717, 1.165) is 9.94 Å². The minimum absolute atomic E-state index is 0.00694. The van der Waals surface area contributed by atoms with E-state index in [9.17, 15) is 9.59 Å². The first-order valence-corrected chi connectivity index (χ1v) is 9.67. The summed E-state index contributed by atoms with van der Waals surface area (Å²) in [4.78, 5) is 29.8. The van der Waals surface area contributed by atoms with Gasteiger partial charge in [-0.15, -0.1) is 0 Å².